The Balaban J connectivity index is 1.40. The number of thiophene rings is 1. The molecule has 1 N–H and O–H groups in total. The van der Waals surface area contributed by atoms with Crippen molar-refractivity contribution < 1.29 is 22.8 Å². The maximum absolute atomic E-state index is 13.0. The first kappa shape index (κ1) is 22.0. The summed E-state index contributed by atoms with van der Waals surface area (Å²) in [7, 11) is -3.86. The predicted molar refractivity (Wildman–Crippen MR) is 125 cm³/mol. The minimum atomic E-state index is -3.86. The summed E-state index contributed by atoms with van der Waals surface area (Å²) in [6.07, 6.45) is 0.921. The minimum absolute atomic E-state index is 0.0868. The number of amides is 1. The number of halogens is 1. The van der Waals surface area contributed by atoms with Crippen molar-refractivity contribution in [2.75, 3.05) is 11.9 Å². The van der Waals surface area contributed by atoms with Gasteiger partial charge in [0, 0.05) is 34.5 Å². The summed E-state index contributed by atoms with van der Waals surface area (Å²) in [6, 6.07) is 13.2. The average Bonchev–Trinajstić information content (AvgIpc) is 3.47. The fourth-order valence-corrected chi connectivity index (χ4v) is 7.51. The topological polar surface area (TPSA) is 101 Å². The highest BCUT2D eigenvalue weighted by atomic mass is 35.5. The van der Waals surface area contributed by atoms with Crippen molar-refractivity contribution in [3.63, 3.8) is 0 Å². The molecule has 10 heteroatoms. The van der Waals surface area contributed by atoms with Crippen molar-refractivity contribution in [2.24, 2.45) is 0 Å². The molecule has 7 nitrogen and oxygen atoms in total. The Hall–Kier alpha value is -2.85. The lowest BCUT2D eigenvalue weighted by Crippen LogP contribution is -2.42. The minimum Gasteiger partial charge on any atom is -0.325 e. The van der Waals surface area contributed by atoms with Crippen molar-refractivity contribution in [2.45, 2.75) is 23.1 Å². The second-order valence-electron chi connectivity index (χ2n) is 7.79. The third kappa shape index (κ3) is 3.71. The van der Waals surface area contributed by atoms with Crippen molar-refractivity contribution in [3.05, 3.63) is 81.2 Å². The van der Waals surface area contributed by atoms with Gasteiger partial charge in [0.25, 0.3) is 10.0 Å². The fourth-order valence-electron chi connectivity index (χ4n) is 4.24. The number of benzene rings is 2. The number of hydrogen-bond acceptors (Lipinski definition) is 6. The highest BCUT2D eigenvalue weighted by Crippen LogP contribution is 2.33. The van der Waals surface area contributed by atoms with E-state index in [0.29, 0.717) is 34.0 Å². The van der Waals surface area contributed by atoms with Crippen LogP contribution in [-0.2, 0) is 14.8 Å². The molecule has 168 valence electrons. The molecule has 2 aromatic carbocycles. The number of carbonyl (C=O) groups is 3. The second kappa shape index (κ2) is 8.18. The molecule has 2 heterocycles. The monoisotopic (exact) mass is 500 g/mol. The number of anilines is 1. The Bertz CT molecular complexity index is 1430. The predicted octanol–water partition coefficient (Wildman–Crippen LogP) is 3.97. The molecule has 1 saturated heterocycles. The average molecular weight is 501 g/mol. The molecule has 1 aliphatic carbocycles. The molecule has 0 saturated carbocycles. The SMILES string of the molecule is O=C1c2ccccc2C(=O)c2cc(NC(=O)C3CCCN3S(=O)(=O)c3ccc(Cl)s3)ccc21. The number of nitrogens with one attached hydrogen (secondary N) is 1. The van der Waals surface area contributed by atoms with Gasteiger partial charge in [-0.25, -0.2) is 8.42 Å². The molecule has 1 amide bonds. The largest absolute Gasteiger partial charge is 0.325 e. The molecule has 2 aliphatic rings. The number of ketones is 2. The maximum atomic E-state index is 13.0. The molecule has 1 atom stereocenters. The van der Waals surface area contributed by atoms with Crippen LogP contribution in [0, 0.1) is 0 Å². The van der Waals surface area contributed by atoms with Crippen LogP contribution in [0.1, 0.15) is 44.7 Å². The molecule has 0 radical (unpaired) electrons. The van der Waals surface area contributed by atoms with Gasteiger partial charge in [-0.1, -0.05) is 35.9 Å². The second-order valence-corrected chi connectivity index (χ2v) is 11.6. The number of rotatable bonds is 4. The normalized spacial score (nSPS) is 18.2. The summed E-state index contributed by atoms with van der Waals surface area (Å²) >= 11 is 6.84. The lowest BCUT2D eigenvalue weighted by Gasteiger charge is -2.23. The van der Waals surface area contributed by atoms with Gasteiger partial charge in [0.2, 0.25) is 5.91 Å². The van der Waals surface area contributed by atoms with Crippen LogP contribution >= 0.6 is 22.9 Å². The highest BCUT2D eigenvalue weighted by Gasteiger charge is 2.40. The summed E-state index contributed by atoms with van der Waals surface area (Å²) in [5, 5.41) is 2.72. The van der Waals surface area contributed by atoms with E-state index in [1.807, 2.05) is 0 Å². The van der Waals surface area contributed by atoms with E-state index in [2.05, 4.69) is 5.32 Å². The first-order valence-electron chi connectivity index (χ1n) is 10.2. The van der Waals surface area contributed by atoms with E-state index in [-0.39, 0.29) is 33.4 Å². The first-order chi connectivity index (χ1) is 15.8. The molecule has 3 aromatic rings. The molecular weight excluding hydrogens is 484 g/mol. The van der Waals surface area contributed by atoms with E-state index in [1.54, 1.807) is 30.3 Å². The van der Waals surface area contributed by atoms with Crippen LogP contribution in [0.4, 0.5) is 5.69 Å². The highest BCUT2D eigenvalue weighted by molar-refractivity contribution is 7.91. The molecule has 33 heavy (non-hydrogen) atoms. The summed E-state index contributed by atoms with van der Waals surface area (Å²) in [5.41, 5.74) is 1.48. The summed E-state index contributed by atoms with van der Waals surface area (Å²) < 4.78 is 27.7. The van der Waals surface area contributed by atoms with E-state index in [1.165, 1.54) is 28.6 Å². The zero-order chi connectivity index (χ0) is 23.3. The molecule has 0 bridgehead atoms. The van der Waals surface area contributed by atoms with Crippen LogP contribution in [0.5, 0.6) is 0 Å². The van der Waals surface area contributed by atoms with Crippen LogP contribution in [0.15, 0.2) is 58.8 Å². The van der Waals surface area contributed by atoms with Crippen molar-refractivity contribution in [1.82, 2.24) is 4.31 Å². The molecule has 1 fully saturated rings. The molecule has 5 rings (SSSR count). The lowest BCUT2D eigenvalue weighted by molar-refractivity contribution is -0.119. The summed E-state index contributed by atoms with van der Waals surface area (Å²) in [4.78, 5) is 38.7. The third-order valence-electron chi connectivity index (χ3n) is 5.81. The van der Waals surface area contributed by atoms with Crippen LogP contribution in [-0.4, -0.2) is 42.8 Å². The first-order valence-corrected chi connectivity index (χ1v) is 12.8. The Morgan fingerprint density at radius 2 is 1.64 bits per heavy atom. The van der Waals surface area contributed by atoms with Crippen LogP contribution in [0.2, 0.25) is 4.34 Å². The quantitative estimate of drug-likeness (QED) is 0.457. The molecule has 1 unspecified atom stereocenters. The molecular formula is C23H17ClN2O5S2. The van der Waals surface area contributed by atoms with Crippen LogP contribution in [0.3, 0.4) is 0 Å². The van der Waals surface area contributed by atoms with Crippen molar-refractivity contribution >= 4 is 56.1 Å². The molecule has 0 spiro atoms. The van der Waals surface area contributed by atoms with Crippen molar-refractivity contribution in [1.29, 1.82) is 0 Å². The van der Waals surface area contributed by atoms with Gasteiger partial charge in [0.15, 0.2) is 11.6 Å². The van der Waals surface area contributed by atoms with E-state index in [9.17, 15) is 22.8 Å². The van der Waals surface area contributed by atoms with E-state index < -0.39 is 22.0 Å². The van der Waals surface area contributed by atoms with E-state index >= 15 is 0 Å². The van der Waals surface area contributed by atoms with Crippen molar-refractivity contribution in [3.8, 4) is 0 Å². The Labute approximate surface area is 199 Å². The number of nitrogens with zero attached hydrogens (tertiary/aromatic N) is 1. The molecule has 1 aromatic heterocycles. The third-order valence-corrected chi connectivity index (χ3v) is 9.42. The van der Waals surface area contributed by atoms with Gasteiger partial charge in [-0.15, -0.1) is 11.3 Å². The van der Waals surface area contributed by atoms with E-state index in [0.717, 1.165) is 11.3 Å². The van der Waals surface area contributed by atoms with Gasteiger partial charge in [-0.3, -0.25) is 14.4 Å². The maximum Gasteiger partial charge on any atom is 0.253 e. The zero-order valence-corrected chi connectivity index (χ0v) is 19.5. The number of hydrogen-bond donors (Lipinski definition) is 1. The Kier molecular flexibility index (Phi) is 5.44. The van der Waals surface area contributed by atoms with Gasteiger partial charge in [-0.05, 0) is 43.2 Å². The van der Waals surface area contributed by atoms with Gasteiger partial charge < -0.3 is 5.32 Å². The standard InChI is InChI=1S/C23H17ClN2O5S2/c24-19-9-10-20(32-19)33(30,31)26-11-3-6-18(26)23(29)25-13-7-8-16-17(12-13)22(28)15-5-2-1-4-14(15)21(16)27/h1-2,4-5,7-10,12,18H,3,6,11H2,(H,25,29). The van der Waals surface area contributed by atoms with Gasteiger partial charge in [0.1, 0.15) is 10.3 Å². The van der Waals surface area contributed by atoms with Gasteiger partial charge >= 0.3 is 0 Å². The Morgan fingerprint density at radius 1 is 0.970 bits per heavy atom. The summed E-state index contributed by atoms with van der Waals surface area (Å²) in [5.74, 6) is -1.04. The fraction of sp³-hybridized carbons (Fsp3) is 0.174. The number of fused-ring (bicyclic) bond motifs is 2. The molecule has 1 aliphatic heterocycles. The summed E-state index contributed by atoms with van der Waals surface area (Å²) in [6.45, 7) is 0.226. The van der Waals surface area contributed by atoms with Crippen LogP contribution < -0.4 is 5.32 Å². The Morgan fingerprint density at radius 3 is 2.30 bits per heavy atom. The van der Waals surface area contributed by atoms with Crippen LogP contribution in [0.25, 0.3) is 0 Å². The number of sulfonamides is 1. The van der Waals surface area contributed by atoms with Gasteiger partial charge in [-0.2, -0.15) is 4.31 Å². The smallest absolute Gasteiger partial charge is 0.253 e. The number of carbonyl (C=O) groups excluding carboxylic acids is 3. The van der Waals surface area contributed by atoms with E-state index in [4.69, 9.17) is 11.6 Å². The lowest BCUT2D eigenvalue weighted by atomic mass is 9.84. The zero-order valence-electron chi connectivity index (χ0n) is 17.1. The van der Waals surface area contributed by atoms with Gasteiger partial charge in [0.05, 0.1) is 4.34 Å².